The summed E-state index contributed by atoms with van der Waals surface area (Å²) in [5.41, 5.74) is 0. The number of hydrogen-bond acceptors (Lipinski definition) is 4. The Bertz CT molecular complexity index is 259. The van der Waals surface area contributed by atoms with Crippen molar-refractivity contribution < 1.29 is 20.7 Å². The maximum Gasteiger partial charge on any atom is 0.437 e. The molecule has 4 nitrogen and oxygen atoms in total. The van der Waals surface area contributed by atoms with Gasteiger partial charge in [0.25, 0.3) is 0 Å². The van der Waals surface area contributed by atoms with Crippen LogP contribution in [-0.2, 0) is 25.5 Å². The van der Waals surface area contributed by atoms with Crippen LogP contribution in [0, 0.1) is 0 Å². The van der Waals surface area contributed by atoms with Crippen molar-refractivity contribution in [3.63, 3.8) is 0 Å². The molecule has 1 rings (SSSR count). The predicted molar refractivity (Wildman–Crippen MR) is 37.4 cm³/mol. The molecule has 0 saturated carbocycles. The lowest BCUT2D eigenvalue weighted by atomic mass is 10.3. The van der Waals surface area contributed by atoms with Crippen molar-refractivity contribution in [2.45, 2.75) is 12.5 Å². The Hall–Kier alpha value is -0.0100. The summed E-state index contributed by atoms with van der Waals surface area (Å²) < 4.78 is 46.3. The van der Waals surface area contributed by atoms with Gasteiger partial charge in [0, 0.05) is 16.6 Å². The molecule has 0 bridgehead atoms. The largest absolute Gasteiger partial charge is 0.437 e. The average Bonchev–Trinajstić information content (AvgIpc) is 2.10. The van der Waals surface area contributed by atoms with E-state index in [0.29, 0.717) is 12.2 Å². The maximum absolute atomic E-state index is 11.8. The Morgan fingerprint density at radius 2 is 2.18 bits per heavy atom. The highest BCUT2D eigenvalue weighted by Crippen LogP contribution is 2.14. The first-order valence-electron chi connectivity index (χ1n) is 2.95. The quantitative estimate of drug-likeness (QED) is 0.579. The van der Waals surface area contributed by atoms with Gasteiger partial charge in [-0.15, -0.1) is 0 Å². The first kappa shape index (κ1) is 9.08. The number of hydrogen-bond donors (Lipinski definition) is 0. The van der Waals surface area contributed by atoms with Crippen LogP contribution in [0.3, 0.4) is 0 Å². The number of halogens is 1. The molecule has 1 aliphatic heterocycles. The van der Waals surface area contributed by atoms with Crippen LogP contribution < -0.4 is 0 Å². The zero-order chi connectivity index (χ0) is 8.48. The molecule has 0 spiro atoms. The molecule has 1 saturated heterocycles. The third-order valence-corrected chi connectivity index (χ3v) is 3.23. The Morgan fingerprint density at radius 1 is 1.55 bits per heavy atom. The fourth-order valence-corrected chi connectivity index (χ4v) is 2.79. The van der Waals surface area contributed by atoms with Crippen molar-refractivity contribution in [1.29, 1.82) is 0 Å². The van der Waals surface area contributed by atoms with E-state index in [4.69, 9.17) is 0 Å². The van der Waals surface area contributed by atoms with Gasteiger partial charge in [-0.1, -0.05) is 3.89 Å². The monoisotopic (exact) mass is 202 g/mol. The molecule has 1 fully saturated rings. The Kier molecular flexibility index (Phi) is 2.61. The van der Waals surface area contributed by atoms with Gasteiger partial charge in [-0.05, 0) is 6.42 Å². The molecular formula is C4H7FO4S2. The van der Waals surface area contributed by atoms with E-state index in [9.17, 15) is 16.5 Å². The lowest BCUT2D eigenvalue weighted by Crippen LogP contribution is -2.15. The van der Waals surface area contributed by atoms with Gasteiger partial charge in [-0.2, -0.15) is 8.42 Å². The van der Waals surface area contributed by atoms with Crippen LogP contribution in [0.1, 0.15) is 6.42 Å². The van der Waals surface area contributed by atoms with Gasteiger partial charge in [0.2, 0.25) is 0 Å². The molecule has 2 unspecified atom stereocenters. The van der Waals surface area contributed by atoms with Crippen LogP contribution in [-0.4, -0.2) is 30.2 Å². The summed E-state index contributed by atoms with van der Waals surface area (Å²) in [7, 11) is -5.91. The highest BCUT2D eigenvalue weighted by molar-refractivity contribution is 7.85. The minimum absolute atomic E-state index is 0.114. The normalized spacial score (nSPS) is 32.5. The highest BCUT2D eigenvalue weighted by Gasteiger charge is 2.26. The lowest BCUT2D eigenvalue weighted by Gasteiger charge is -2.02. The summed E-state index contributed by atoms with van der Waals surface area (Å²) in [4.78, 5) is 0. The molecule has 2 atom stereocenters. The van der Waals surface area contributed by atoms with Crippen molar-refractivity contribution in [2.24, 2.45) is 0 Å². The van der Waals surface area contributed by atoms with E-state index >= 15 is 0 Å². The standard InChI is InChI=1S/C4H7FO4S2/c5-11(7,8)9-4-1-2-10(6)3-4/h4H,1-3H2. The molecular weight excluding hydrogens is 195 g/mol. The predicted octanol–water partition coefficient (Wildman–Crippen LogP) is -0.262. The summed E-state index contributed by atoms with van der Waals surface area (Å²) in [5, 5.41) is 0. The molecule has 66 valence electrons. The van der Waals surface area contributed by atoms with E-state index in [0.717, 1.165) is 0 Å². The van der Waals surface area contributed by atoms with Crippen LogP contribution in [0.5, 0.6) is 0 Å². The zero-order valence-corrected chi connectivity index (χ0v) is 7.16. The summed E-state index contributed by atoms with van der Waals surface area (Å²) >= 11 is 0. The van der Waals surface area contributed by atoms with Crippen LogP contribution in [0.15, 0.2) is 0 Å². The summed E-state index contributed by atoms with van der Waals surface area (Å²) in [6, 6.07) is 0. The van der Waals surface area contributed by atoms with Gasteiger partial charge in [-0.3, -0.25) is 4.21 Å². The molecule has 0 N–H and O–H groups in total. The average molecular weight is 202 g/mol. The second-order valence-electron chi connectivity index (χ2n) is 2.21. The Labute approximate surface area is 66.6 Å². The Morgan fingerprint density at radius 3 is 2.55 bits per heavy atom. The minimum Gasteiger partial charge on any atom is -0.259 e. The van der Waals surface area contributed by atoms with Crippen LogP contribution >= 0.6 is 0 Å². The van der Waals surface area contributed by atoms with Gasteiger partial charge in [0.15, 0.2) is 0 Å². The second-order valence-corrected chi connectivity index (χ2v) is 4.81. The summed E-state index contributed by atoms with van der Waals surface area (Å²) in [6.45, 7) is 0. The molecule has 7 heteroatoms. The third kappa shape index (κ3) is 3.26. The van der Waals surface area contributed by atoms with E-state index < -0.39 is 27.4 Å². The molecule has 0 aliphatic carbocycles. The third-order valence-electron chi connectivity index (χ3n) is 1.29. The van der Waals surface area contributed by atoms with Gasteiger partial charge in [0.05, 0.1) is 11.9 Å². The van der Waals surface area contributed by atoms with Crippen molar-refractivity contribution in [3.05, 3.63) is 0 Å². The topological polar surface area (TPSA) is 60.4 Å². The molecule has 0 radical (unpaired) electrons. The van der Waals surface area contributed by atoms with E-state index in [-0.39, 0.29) is 5.75 Å². The lowest BCUT2D eigenvalue weighted by molar-refractivity contribution is 0.219. The fourth-order valence-electron chi connectivity index (χ4n) is 0.875. The first-order chi connectivity index (χ1) is 4.97. The van der Waals surface area contributed by atoms with Gasteiger partial charge >= 0.3 is 10.5 Å². The van der Waals surface area contributed by atoms with Gasteiger partial charge in [0.1, 0.15) is 0 Å². The maximum atomic E-state index is 11.8. The van der Waals surface area contributed by atoms with E-state index in [1.165, 1.54) is 0 Å². The van der Waals surface area contributed by atoms with Crippen LogP contribution in [0.25, 0.3) is 0 Å². The van der Waals surface area contributed by atoms with Crippen LogP contribution in [0.4, 0.5) is 3.89 Å². The molecule has 11 heavy (non-hydrogen) atoms. The smallest absolute Gasteiger partial charge is 0.259 e. The Balaban J connectivity index is 2.47. The van der Waals surface area contributed by atoms with Crippen molar-refractivity contribution in [2.75, 3.05) is 11.5 Å². The van der Waals surface area contributed by atoms with E-state index in [1.807, 2.05) is 0 Å². The highest BCUT2D eigenvalue weighted by atomic mass is 32.3. The molecule has 0 aromatic rings. The van der Waals surface area contributed by atoms with Crippen molar-refractivity contribution in [1.82, 2.24) is 0 Å². The molecule has 1 heterocycles. The number of rotatable bonds is 2. The van der Waals surface area contributed by atoms with Gasteiger partial charge < -0.3 is 0 Å². The van der Waals surface area contributed by atoms with Gasteiger partial charge in [-0.25, -0.2) is 4.18 Å². The summed E-state index contributed by atoms with van der Waals surface area (Å²) in [6.07, 6.45) is -0.388. The SMILES string of the molecule is O=S1CCC(OS(=O)(=O)F)C1. The summed E-state index contributed by atoms with van der Waals surface area (Å²) in [5.74, 6) is 0.503. The molecule has 0 aromatic carbocycles. The molecule has 0 amide bonds. The van der Waals surface area contributed by atoms with Crippen LogP contribution in [0.2, 0.25) is 0 Å². The van der Waals surface area contributed by atoms with E-state index in [1.54, 1.807) is 0 Å². The second kappa shape index (κ2) is 3.16. The van der Waals surface area contributed by atoms with Crippen molar-refractivity contribution in [3.8, 4) is 0 Å². The van der Waals surface area contributed by atoms with E-state index in [2.05, 4.69) is 4.18 Å². The first-order valence-corrected chi connectivity index (χ1v) is 5.75. The minimum atomic E-state index is -4.87. The molecule has 1 aliphatic rings. The van der Waals surface area contributed by atoms with Crippen molar-refractivity contribution >= 4 is 21.3 Å². The molecule has 0 aromatic heterocycles. The zero-order valence-electron chi connectivity index (χ0n) is 5.53. The fraction of sp³-hybridized carbons (Fsp3) is 1.00.